The Morgan fingerprint density at radius 3 is 2.55 bits per heavy atom. The molecule has 4 N–H and O–H groups in total. The van der Waals surface area contributed by atoms with E-state index in [2.05, 4.69) is 10.6 Å². The quantitative estimate of drug-likeness (QED) is 0.752. The smallest absolute Gasteiger partial charge is 0.239 e. The van der Waals surface area contributed by atoms with Crippen LogP contribution in [0.25, 0.3) is 0 Å². The lowest BCUT2D eigenvalue weighted by atomic mass is 10.1. The maximum Gasteiger partial charge on any atom is 0.239 e. The zero-order valence-electron chi connectivity index (χ0n) is 11.4. The Balaban J connectivity index is 0.00000361. The fourth-order valence-corrected chi connectivity index (χ4v) is 1.51. The number of aryl methyl sites for hydroxylation is 1. The van der Waals surface area contributed by atoms with Crippen molar-refractivity contribution in [1.29, 1.82) is 0 Å². The molecule has 0 radical (unpaired) electrons. The number of nitrogens with two attached hydrogens (primary N) is 1. The molecule has 112 valence electrons. The second-order valence-electron chi connectivity index (χ2n) is 4.28. The lowest BCUT2D eigenvalue weighted by Gasteiger charge is -2.15. The molecule has 1 rings (SSSR count). The van der Waals surface area contributed by atoms with Gasteiger partial charge in [-0.1, -0.05) is 12.1 Å². The summed E-state index contributed by atoms with van der Waals surface area (Å²) in [5, 5.41) is 5.02. The first kappa shape index (κ1) is 18.3. The molecule has 0 aliphatic heterocycles. The van der Waals surface area contributed by atoms with Gasteiger partial charge in [0, 0.05) is 0 Å². The van der Waals surface area contributed by atoms with Crippen molar-refractivity contribution >= 4 is 24.2 Å². The van der Waals surface area contributed by atoms with E-state index < -0.39 is 5.91 Å². The second kappa shape index (κ2) is 8.50. The van der Waals surface area contributed by atoms with Crippen LogP contribution in [0.5, 0.6) is 0 Å². The monoisotopic (exact) mass is 303 g/mol. The van der Waals surface area contributed by atoms with Gasteiger partial charge in [-0.3, -0.25) is 9.59 Å². The van der Waals surface area contributed by atoms with Crippen LogP contribution in [0.3, 0.4) is 0 Å². The van der Waals surface area contributed by atoms with Gasteiger partial charge in [0.05, 0.1) is 19.1 Å². The van der Waals surface area contributed by atoms with Gasteiger partial charge in [0.1, 0.15) is 5.82 Å². The van der Waals surface area contributed by atoms with E-state index in [1.807, 2.05) is 0 Å². The van der Waals surface area contributed by atoms with Crippen LogP contribution in [0, 0.1) is 12.7 Å². The molecule has 5 nitrogen and oxygen atoms in total. The van der Waals surface area contributed by atoms with Crippen LogP contribution in [0.4, 0.5) is 4.39 Å². The van der Waals surface area contributed by atoms with Crippen molar-refractivity contribution in [2.45, 2.75) is 19.9 Å². The predicted octanol–water partition coefficient (Wildman–Crippen LogP) is 0.808. The third-order valence-corrected chi connectivity index (χ3v) is 2.70. The zero-order valence-corrected chi connectivity index (χ0v) is 12.2. The van der Waals surface area contributed by atoms with Crippen molar-refractivity contribution in [1.82, 2.24) is 10.6 Å². The van der Waals surface area contributed by atoms with Gasteiger partial charge in [-0.05, 0) is 31.0 Å². The van der Waals surface area contributed by atoms with E-state index in [9.17, 15) is 14.0 Å². The van der Waals surface area contributed by atoms with Gasteiger partial charge in [0.2, 0.25) is 11.8 Å². The number of benzene rings is 1. The summed E-state index contributed by atoms with van der Waals surface area (Å²) in [5.74, 6) is -1.06. The fraction of sp³-hybridized carbons (Fsp3) is 0.385. The minimum Gasteiger partial charge on any atom is -0.348 e. The number of rotatable bonds is 5. The molecule has 1 aromatic carbocycles. The summed E-state index contributed by atoms with van der Waals surface area (Å²) < 4.78 is 13.4. The van der Waals surface area contributed by atoms with Gasteiger partial charge >= 0.3 is 0 Å². The molecule has 1 atom stereocenters. The van der Waals surface area contributed by atoms with Gasteiger partial charge in [0.25, 0.3) is 0 Å². The van der Waals surface area contributed by atoms with Crippen molar-refractivity contribution in [2.75, 3.05) is 13.1 Å². The lowest BCUT2D eigenvalue weighted by Crippen LogP contribution is -2.40. The summed E-state index contributed by atoms with van der Waals surface area (Å²) in [6.07, 6.45) is 0. The van der Waals surface area contributed by atoms with Crippen LogP contribution in [0.15, 0.2) is 18.2 Å². The van der Waals surface area contributed by atoms with Crippen LogP contribution in [0.1, 0.15) is 24.1 Å². The highest BCUT2D eigenvalue weighted by Gasteiger charge is 2.11. The van der Waals surface area contributed by atoms with E-state index in [4.69, 9.17) is 5.73 Å². The van der Waals surface area contributed by atoms with E-state index >= 15 is 0 Å². The summed E-state index contributed by atoms with van der Waals surface area (Å²) in [7, 11) is 0. The fourth-order valence-electron chi connectivity index (χ4n) is 1.51. The highest BCUT2D eigenvalue weighted by Crippen LogP contribution is 2.15. The van der Waals surface area contributed by atoms with Crippen molar-refractivity contribution in [3.8, 4) is 0 Å². The number of carbonyl (C=O) groups excluding carboxylic acids is 2. The molecule has 2 amide bonds. The number of hydrogen-bond donors (Lipinski definition) is 3. The van der Waals surface area contributed by atoms with Crippen LogP contribution in [-0.4, -0.2) is 24.9 Å². The molecule has 0 fully saturated rings. The molecule has 20 heavy (non-hydrogen) atoms. The highest BCUT2D eigenvalue weighted by molar-refractivity contribution is 5.85. The van der Waals surface area contributed by atoms with E-state index in [0.29, 0.717) is 11.1 Å². The summed E-state index contributed by atoms with van der Waals surface area (Å²) in [6, 6.07) is 4.46. The molecule has 0 saturated carbocycles. The van der Waals surface area contributed by atoms with Crippen molar-refractivity contribution in [3.63, 3.8) is 0 Å². The average molecular weight is 304 g/mol. The van der Waals surface area contributed by atoms with Gasteiger partial charge in [-0.15, -0.1) is 12.4 Å². The van der Waals surface area contributed by atoms with E-state index in [1.165, 1.54) is 6.07 Å². The molecule has 0 spiro atoms. The molecule has 1 aromatic rings. The summed E-state index contributed by atoms with van der Waals surface area (Å²) in [6.45, 7) is 3.11. The predicted molar refractivity (Wildman–Crippen MR) is 77.0 cm³/mol. The van der Waals surface area contributed by atoms with Gasteiger partial charge in [-0.2, -0.15) is 0 Å². The third kappa shape index (κ3) is 5.54. The third-order valence-electron chi connectivity index (χ3n) is 2.70. The Bertz CT molecular complexity index is 483. The van der Waals surface area contributed by atoms with E-state index in [-0.39, 0.29) is 43.3 Å². The largest absolute Gasteiger partial charge is 0.348 e. The number of hydrogen-bond acceptors (Lipinski definition) is 3. The number of carbonyl (C=O) groups is 2. The Labute approximate surface area is 123 Å². The molecule has 0 saturated heterocycles. The standard InChI is InChI=1S/C13H18FN3O2.ClH/c1-8-3-4-10(5-11(8)14)9(2)17-13(19)7-16-12(18)6-15;/h3-5,9H,6-7,15H2,1-2H3,(H,16,18)(H,17,19);1H. The second-order valence-corrected chi connectivity index (χ2v) is 4.28. The number of nitrogens with one attached hydrogen (secondary N) is 2. The molecule has 0 aliphatic carbocycles. The SMILES string of the molecule is Cc1ccc(C(C)NC(=O)CNC(=O)CN)cc1F.Cl. The summed E-state index contributed by atoms with van der Waals surface area (Å²) in [5.41, 5.74) is 6.32. The van der Waals surface area contributed by atoms with Crippen LogP contribution < -0.4 is 16.4 Å². The molecule has 0 bridgehead atoms. The molecule has 0 aliphatic rings. The van der Waals surface area contributed by atoms with Gasteiger partial charge in [0.15, 0.2) is 0 Å². The van der Waals surface area contributed by atoms with Crippen molar-refractivity contribution < 1.29 is 14.0 Å². The molecule has 7 heteroatoms. The Morgan fingerprint density at radius 2 is 2.00 bits per heavy atom. The first-order chi connectivity index (χ1) is 8.93. The van der Waals surface area contributed by atoms with Gasteiger partial charge in [-0.25, -0.2) is 4.39 Å². The molecule has 1 unspecified atom stereocenters. The Kier molecular flexibility index (Phi) is 7.79. The Hall–Kier alpha value is -1.66. The van der Waals surface area contributed by atoms with E-state index in [0.717, 1.165) is 0 Å². The topological polar surface area (TPSA) is 84.2 Å². The van der Waals surface area contributed by atoms with Crippen molar-refractivity contribution in [3.05, 3.63) is 35.1 Å². The summed E-state index contributed by atoms with van der Waals surface area (Å²) in [4.78, 5) is 22.4. The van der Waals surface area contributed by atoms with Gasteiger partial charge < -0.3 is 16.4 Å². The summed E-state index contributed by atoms with van der Waals surface area (Å²) >= 11 is 0. The minimum absolute atomic E-state index is 0. The first-order valence-corrected chi connectivity index (χ1v) is 5.96. The number of halogens is 2. The van der Waals surface area contributed by atoms with Crippen molar-refractivity contribution in [2.24, 2.45) is 5.73 Å². The maximum absolute atomic E-state index is 13.4. The van der Waals surface area contributed by atoms with Crippen LogP contribution in [0.2, 0.25) is 0 Å². The lowest BCUT2D eigenvalue weighted by molar-refractivity contribution is -0.125. The normalized spacial score (nSPS) is 11.2. The van der Waals surface area contributed by atoms with E-state index in [1.54, 1.807) is 26.0 Å². The first-order valence-electron chi connectivity index (χ1n) is 5.96. The van der Waals surface area contributed by atoms with Crippen LogP contribution in [-0.2, 0) is 9.59 Å². The average Bonchev–Trinajstić information content (AvgIpc) is 2.38. The molecular formula is C13H19ClFN3O2. The minimum atomic E-state index is -0.399. The maximum atomic E-state index is 13.4. The molecule has 0 heterocycles. The Morgan fingerprint density at radius 1 is 1.35 bits per heavy atom. The molecular weight excluding hydrogens is 285 g/mol. The highest BCUT2D eigenvalue weighted by atomic mass is 35.5. The number of amides is 2. The molecule has 0 aromatic heterocycles. The zero-order chi connectivity index (χ0) is 14.4. The van der Waals surface area contributed by atoms with Crippen LogP contribution >= 0.6 is 12.4 Å².